The first-order valence-corrected chi connectivity index (χ1v) is 8.77. The second kappa shape index (κ2) is 5.97. The smallest absolute Gasteiger partial charge is 0.363 e. The van der Waals surface area contributed by atoms with Gasteiger partial charge >= 0.3 is 5.63 Å². The molecule has 0 saturated carbocycles. The topological polar surface area (TPSA) is 63.3 Å². The van der Waals surface area contributed by atoms with Gasteiger partial charge in [0.2, 0.25) is 0 Å². The fourth-order valence-corrected chi connectivity index (χ4v) is 3.07. The number of fused-ring (bicyclic) bond motifs is 1. The van der Waals surface area contributed by atoms with Crippen molar-refractivity contribution in [1.82, 2.24) is 4.98 Å². The zero-order valence-electron chi connectivity index (χ0n) is 16.2. The number of aromatic hydroxyl groups is 1. The summed E-state index contributed by atoms with van der Waals surface area (Å²) in [6, 6.07) is 11.2. The van der Waals surface area contributed by atoms with E-state index in [1.165, 1.54) is 0 Å². The van der Waals surface area contributed by atoms with Crippen LogP contribution in [0.25, 0.3) is 22.4 Å². The monoisotopic (exact) mass is 351 g/mol. The molecule has 0 fully saturated rings. The third-order valence-electron chi connectivity index (χ3n) is 4.50. The minimum atomic E-state index is -0.551. The molecule has 2 aromatic carbocycles. The van der Waals surface area contributed by atoms with Crippen LogP contribution in [0.1, 0.15) is 52.7 Å². The third-order valence-corrected chi connectivity index (χ3v) is 4.50. The highest BCUT2D eigenvalue weighted by molar-refractivity contribution is 5.86. The van der Waals surface area contributed by atoms with Crippen molar-refractivity contribution in [2.45, 2.75) is 52.4 Å². The molecule has 0 saturated heterocycles. The number of hydrogen-bond acceptors (Lipinski definition) is 4. The molecule has 4 heteroatoms. The molecule has 26 heavy (non-hydrogen) atoms. The highest BCUT2D eigenvalue weighted by atomic mass is 16.4. The van der Waals surface area contributed by atoms with Crippen molar-refractivity contribution in [3.63, 3.8) is 0 Å². The van der Waals surface area contributed by atoms with E-state index in [9.17, 15) is 9.90 Å². The first-order chi connectivity index (χ1) is 12.0. The molecule has 136 valence electrons. The Morgan fingerprint density at radius 3 is 2.04 bits per heavy atom. The molecule has 0 amide bonds. The average molecular weight is 351 g/mol. The van der Waals surface area contributed by atoms with E-state index >= 15 is 0 Å². The first kappa shape index (κ1) is 18.2. The highest BCUT2D eigenvalue weighted by Crippen LogP contribution is 2.41. The maximum atomic E-state index is 12.6. The molecule has 0 atom stereocenters. The van der Waals surface area contributed by atoms with E-state index in [0.717, 1.165) is 11.1 Å². The van der Waals surface area contributed by atoms with E-state index in [-0.39, 0.29) is 27.9 Å². The molecule has 3 rings (SSSR count). The van der Waals surface area contributed by atoms with Gasteiger partial charge in [-0.25, -0.2) is 9.78 Å². The minimum Gasteiger partial charge on any atom is -0.504 e. The van der Waals surface area contributed by atoms with Crippen LogP contribution in [0.15, 0.2) is 45.6 Å². The molecule has 0 radical (unpaired) electrons. The Balaban J connectivity index is 2.45. The zero-order valence-corrected chi connectivity index (χ0v) is 16.2. The van der Waals surface area contributed by atoms with Crippen molar-refractivity contribution in [3.05, 3.63) is 57.9 Å². The summed E-state index contributed by atoms with van der Waals surface area (Å²) in [4.78, 5) is 17.2. The van der Waals surface area contributed by atoms with Crippen molar-refractivity contribution >= 4 is 11.1 Å². The standard InChI is InChI=1S/C22H25NO3/c1-21(2,3)14-12-15(22(4,5)6)18(24)19-17(14)23-16(20(25)26-19)13-10-8-7-9-11-13/h7-12,24H,1-6H3. The van der Waals surface area contributed by atoms with Gasteiger partial charge in [0.15, 0.2) is 17.0 Å². The quantitative estimate of drug-likeness (QED) is 0.658. The van der Waals surface area contributed by atoms with Gasteiger partial charge in [0.1, 0.15) is 5.52 Å². The Bertz CT molecular complexity index is 1020. The van der Waals surface area contributed by atoms with Crippen molar-refractivity contribution in [1.29, 1.82) is 0 Å². The van der Waals surface area contributed by atoms with Crippen LogP contribution in [0.4, 0.5) is 0 Å². The summed E-state index contributed by atoms with van der Waals surface area (Å²) in [5.41, 5.74) is 2.25. The predicted molar refractivity (Wildman–Crippen MR) is 105 cm³/mol. The Morgan fingerprint density at radius 2 is 1.50 bits per heavy atom. The summed E-state index contributed by atoms with van der Waals surface area (Å²) in [6.45, 7) is 12.3. The Morgan fingerprint density at radius 1 is 0.923 bits per heavy atom. The van der Waals surface area contributed by atoms with Crippen LogP contribution in [-0.4, -0.2) is 10.1 Å². The molecule has 0 aliphatic carbocycles. The lowest BCUT2D eigenvalue weighted by Crippen LogP contribution is -2.19. The molecule has 4 nitrogen and oxygen atoms in total. The molecular formula is C22H25NO3. The SMILES string of the molecule is CC(C)(C)c1cc(C(C)(C)C)c2nc(-c3ccccc3)c(=O)oc2c1O. The lowest BCUT2D eigenvalue weighted by Gasteiger charge is -2.26. The summed E-state index contributed by atoms with van der Waals surface area (Å²) < 4.78 is 5.58. The number of phenols is 1. The van der Waals surface area contributed by atoms with Gasteiger partial charge in [-0.2, -0.15) is 0 Å². The number of benzene rings is 2. The fourth-order valence-electron chi connectivity index (χ4n) is 3.07. The number of hydrogen-bond donors (Lipinski definition) is 1. The Hall–Kier alpha value is -2.62. The van der Waals surface area contributed by atoms with Crippen LogP contribution in [-0.2, 0) is 10.8 Å². The second-order valence-electron chi connectivity index (χ2n) is 8.71. The number of aromatic nitrogens is 1. The summed E-state index contributed by atoms with van der Waals surface area (Å²) in [7, 11) is 0. The van der Waals surface area contributed by atoms with Crippen LogP contribution < -0.4 is 5.63 Å². The lowest BCUT2D eigenvalue weighted by molar-refractivity contribution is 0.431. The van der Waals surface area contributed by atoms with Crippen LogP contribution in [0.3, 0.4) is 0 Å². The molecule has 1 N–H and O–H groups in total. The van der Waals surface area contributed by atoms with Gasteiger partial charge in [-0.05, 0) is 22.5 Å². The maximum Gasteiger partial charge on any atom is 0.363 e. The van der Waals surface area contributed by atoms with Crippen LogP contribution >= 0.6 is 0 Å². The molecule has 1 aromatic heterocycles. The summed E-state index contributed by atoms with van der Waals surface area (Å²) in [6.07, 6.45) is 0. The largest absolute Gasteiger partial charge is 0.504 e. The number of phenolic OH excluding ortho intramolecular Hbond substituents is 1. The van der Waals surface area contributed by atoms with Crippen LogP contribution in [0, 0.1) is 0 Å². The van der Waals surface area contributed by atoms with E-state index in [4.69, 9.17) is 4.42 Å². The van der Waals surface area contributed by atoms with E-state index in [0.29, 0.717) is 11.1 Å². The van der Waals surface area contributed by atoms with Crippen LogP contribution in [0.5, 0.6) is 5.75 Å². The van der Waals surface area contributed by atoms with Gasteiger partial charge < -0.3 is 9.52 Å². The summed E-state index contributed by atoms with van der Waals surface area (Å²) in [5, 5.41) is 10.8. The molecule has 1 heterocycles. The predicted octanol–water partition coefficient (Wildman–Crippen LogP) is 5.16. The minimum absolute atomic E-state index is 0.00953. The first-order valence-electron chi connectivity index (χ1n) is 8.77. The van der Waals surface area contributed by atoms with Crippen LogP contribution in [0.2, 0.25) is 0 Å². The van der Waals surface area contributed by atoms with Gasteiger partial charge in [-0.1, -0.05) is 71.9 Å². The highest BCUT2D eigenvalue weighted by Gasteiger charge is 2.29. The molecular weight excluding hydrogens is 326 g/mol. The zero-order chi connectivity index (χ0) is 19.3. The molecule has 3 aromatic rings. The molecule has 0 aliphatic rings. The molecule has 0 spiro atoms. The van der Waals surface area contributed by atoms with E-state index in [1.54, 1.807) is 0 Å². The van der Waals surface area contributed by atoms with Crippen molar-refractivity contribution < 1.29 is 9.52 Å². The van der Waals surface area contributed by atoms with Gasteiger partial charge in [0.25, 0.3) is 0 Å². The van der Waals surface area contributed by atoms with E-state index in [1.807, 2.05) is 57.2 Å². The summed E-state index contributed by atoms with van der Waals surface area (Å²) >= 11 is 0. The van der Waals surface area contributed by atoms with Gasteiger partial charge in [-0.15, -0.1) is 0 Å². The third kappa shape index (κ3) is 3.12. The van der Waals surface area contributed by atoms with Gasteiger partial charge in [0, 0.05) is 11.1 Å². The molecule has 0 unspecified atom stereocenters. The summed E-state index contributed by atoms with van der Waals surface area (Å²) in [5.74, 6) is -0.00953. The number of nitrogens with zero attached hydrogens (tertiary/aromatic N) is 1. The lowest BCUT2D eigenvalue weighted by atomic mass is 9.79. The molecule has 0 bridgehead atoms. The maximum absolute atomic E-state index is 12.6. The normalized spacial score (nSPS) is 12.5. The van der Waals surface area contributed by atoms with E-state index in [2.05, 4.69) is 25.8 Å². The average Bonchev–Trinajstić information content (AvgIpc) is 2.53. The van der Waals surface area contributed by atoms with Crippen molar-refractivity contribution in [2.24, 2.45) is 0 Å². The van der Waals surface area contributed by atoms with Gasteiger partial charge in [-0.3, -0.25) is 0 Å². The number of rotatable bonds is 1. The molecule has 0 aliphatic heterocycles. The Labute approximate surface area is 153 Å². The second-order valence-corrected chi connectivity index (χ2v) is 8.71. The van der Waals surface area contributed by atoms with Crippen molar-refractivity contribution in [2.75, 3.05) is 0 Å². The van der Waals surface area contributed by atoms with E-state index < -0.39 is 5.63 Å². The van der Waals surface area contributed by atoms with Gasteiger partial charge in [0.05, 0.1) is 0 Å². The fraction of sp³-hybridized carbons (Fsp3) is 0.364. The Kier molecular flexibility index (Phi) is 4.18. The van der Waals surface area contributed by atoms with Crippen molar-refractivity contribution in [3.8, 4) is 17.0 Å².